The van der Waals surface area contributed by atoms with E-state index in [9.17, 15) is 13.6 Å². The first-order valence-electron chi connectivity index (χ1n) is 13.0. The van der Waals surface area contributed by atoms with Crippen LogP contribution in [-0.4, -0.2) is 60.1 Å². The molecule has 198 valence electrons. The van der Waals surface area contributed by atoms with Crippen molar-refractivity contribution >= 4 is 6.03 Å². The normalized spacial score (nSPS) is 21.0. The molecule has 2 fully saturated rings. The molecular weight excluding hydrogens is 476 g/mol. The predicted molar refractivity (Wildman–Crippen MR) is 138 cm³/mol. The van der Waals surface area contributed by atoms with Gasteiger partial charge < -0.3 is 14.4 Å². The minimum Gasteiger partial charge on any atom is -0.497 e. The first kappa shape index (κ1) is 25.5. The van der Waals surface area contributed by atoms with Gasteiger partial charge in [-0.2, -0.15) is 0 Å². The van der Waals surface area contributed by atoms with E-state index in [0.717, 1.165) is 22.6 Å². The van der Waals surface area contributed by atoms with Crippen molar-refractivity contribution in [3.8, 4) is 11.5 Å². The molecule has 6 nitrogen and oxygen atoms in total. The van der Waals surface area contributed by atoms with Gasteiger partial charge in [0.2, 0.25) is 0 Å². The molecule has 0 aliphatic carbocycles. The van der Waals surface area contributed by atoms with Crippen LogP contribution in [0.4, 0.5) is 13.6 Å². The summed E-state index contributed by atoms with van der Waals surface area (Å²) in [6.07, 6.45) is 3.62. The zero-order valence-corrected chi connectivity index (χ0v) is 22.2. The monoisotopic (exact) mass is 511 g/mol. The number of hydrogen-bond donors (Lipinski definition) is 0. The van der Waals surface area contributed by atoms with E-state index in [4.69, 9.17) is 9.47 Å². The van der Waals surface area contributed by atoms with Gasteiger partial charge in [0.15, 0.2) is 0 Å². The number of carbonyl (C=O) groups is 1. The predicted octanol–water partition coefficient (Wildman–Crippen LogP) is 5.58. The van der Waals surface area contributed by atoms with Crippen LogP contribution in [0, 0.1) is 18.6 Å². The molecule has 0 bridgehead atoms. The van der Waals surface area contributed by atoms with Crippen molar-refractivity contribution in [1.82, 2.24) is 14.7 Å². The summed E-state index contributed by atoms with van der Waals surface area (Å²) in [5, 5.41) is 0. The average molecular weight is 512 g/mol. The van der Waals surface area contributed by atoms with E-state index in [1.54, 1.807) is 21.1 Å². The van der Waals surface area contributed by atoms with E-state index >= 15 is 0 Å². The van der Waals surface area contributed by atoms with Gasteiger partial charge in [-0.25, -0.2) is 13.6 Å². The molecule has 2 aromatic rings. The van der Waals surface area contributed by atoms with Gasteiger partial charge >= 0.3 is 6.03 Å². The molecule has 0 saturated carbocycles. The number of methoxy groups -OCH3 is 2. The number of halogens is 2. The molecule has 1 atom stereocenters. The first-order valence-corrected chi connectivity index (χ1v) is 13.0. The topological polar surface area (TPSA) is 45.3 Å². The van der Waals surface area contributed by atoms with E-state index in [1.165, 1.54) is 12.1 Å². The Morgan fingerprint density at radius 1 is 1.11 bits per heavy atom. The van der Waals surface area contributed by atoms with Crippen molar-refractivity contribution in [3.05, 3.63) is 69.9 Å². The summed E-state index contributed by atoms with van der Waals surface area (Å²) in [7, 11) is 3.28. The Bertz CT molecular complexity index is 1250. The molecule has 8 heteroatoms. The second-order valence-electron chi connectivity index (χ2n) is 10.3. The Kier molecular flexibility index (Phi) is 6.64. The van der Waals surface area contributed by atoms with Crippen LogP contribution in [0.25, 0.3) is 0 Å². The van der Waals surface area contributed by atoms with Crippen LogP contribution in [0.5, 0.6) is 11.5 Å². The highest BCUT2D eigenvalue weighted by atomic mass is 19.1. The number of carbonyl (C=O) groups excluding carboxylic acids is 1. The summed E-state index contributed by atoms with van der Waals surface area (Å²) in [5.41, 5.74) is 3.23. The number of fused-ring (bicyclic) bond motifs is 3. The van der Waals surface area contributed by atoms with Gasteiger partial charge in [0.25, 0.3) is 0 Å². The number of allylic oxidation sites excluding steroid dienone is 1. The maximum absolute atomic E-state index is 14.7. The third kappa shape index (κ3) is 4.06. The van der Waals surface area contributed by atoms with Crippen molar-refractivity contribution in [2.75, 3.05) is 33.9 Å². The number of amides is 2. The largest absolute Gasteiger partial charge is 0.497 e. The summed E-state index contributed by atoms with van der Waals surface area (Å²) in [6.45, 7) is 8.34. The van der Waals surface area contributed by atoms with Crippen molar-refractivity contribution in [1.29, 1.82) is 0 Å². The van der Waals surface area contributed by atoms with Gasteiger partial charge in [0.1, 0.15) is 23.1 Å². The van der Waals surface area contributed by atoms with Crippen LogP contribution in [0.1, 0.15) is 54.9 Å². The van der Waals surface area contributed by atoms with Gasteiger partial charge in [-0.15, -0.1) is 0 Å². The van der Waals surface area contributed by atoms with Crippen molar-refractivity contribution in [2.45, 2.75) is 58.2 Å². The summed E-state index contributed by atoms with van der Waals surface area (Å²) < 4.78 is 40.3. The highest BCUT2D eigenvalue weighted by Crippen LogP contribution is 2.49. The summed E-state index contributed by atoms with van der Waals surface area (Å²) in [5.74, 6) is 0.504. The molecule has 0 aromatic heterocycles. The van der Waals surface area contributed by atoms with Gasteiger partial charge in [0.05, 0.1) is 26.3 Å². The zero-order valence-electron chi connectivity index (χ0n) is 22.2. The van der Waals surface area contributed by atoms with Gasteiger partial charge in [-0.1, -0.05) is 19.1 Å². The Morgan fingerprint density at radius 2 is 1.84 bits per heavy atom. The fourth-order valence-corrected chi connectivity index (χ4v) is 6.43. The molecule has 2 aromatic carbocycles. The van der Waals surface area contributed by atoms with E-state index in [-0.39, 0.29) is 24.1 Å². The summed E-state index contributed by atoms with van der Waals surface area (Å²) in [6, 6.07) is 6.69. The molecule has 3 heterocycles. The van der Waals surface area contributed by atoms with Crippen molar-refractivity contribution < 1.29 is 23.0 Å². The molecular formula is C29H35F2N3O3. The number of nitrogens with zero attached hydrogens (tertiary/aromatic N) is 3. The van der Waals surface area contributed by atoms with Crippen LogP contribution >= 0.6 is 0 Å². The number of aryl methyl sites for hydroxylation is 1. The lowest BCUT2D eigenvalue weighted by molar-refractivity contribution is 0.0876. The molecule has 3 aliphatic heterocycles. The number of piperidine rings is 1. The lowest BCUT2D eigenvalue weighted by Crippen LogP contribution is -2.53. The number of likely N-dealkylation sites (tertiary alicyclic amines) is 1. The molecule has 2 saturated heterocycles. The second-order valence-corrected chi connectivity index (χ2v) is 10.3. The number of urea groups is 1. The van der Waals surface area contributed by atoms with Crippen molar-refractivity contribution in [2.24, 2.45) is 0 Å². The number of ether oxygens (including phenoxy) is 2. The third-order valence-corrected chi connectivity index (χ3v) is 8.35. The van der Waals surface area contributed by atoms with E-state index in [2.05, 4.69) is 17.9 Å². The minimum atomic E-state index is -0.511. The Balaban J connectivity index is 1.47. The SMILES string of the molecule is CCN1C(=O)N2Cc3cc(OC)cc(OC)c3[C@H](C)C=C2C12CCN(Cc1c(F)ccc(C)c1F)CC2. The van der Waals surface area contributed by atoms with E-state index in [0.29, 0.717) is 50.3 Å². The highest BCUT2D eigenvalue weighted by molar-refractivity contribution is 5.83. The molecule has 5 rings (SSSR count). The molecule has 3 aliphatic rings. The molecule has 0 radical (unpaired) electrons. The quantitative estimate of drug-likeness (QED) is 0.526. The van der Waals surface area contributed by atoms with E-state index < -0.39 is 17.2 Å². The number of benzene rings is 2. The number of likely N-dealkylation sites (N-methyl/N-ethyl adjacent to an activating group) is 1. The molecule has 0 unspecified atom stereocenters. The number of hydrogen-bond acceptors (Lipinski definition) is 4. The third-order valence-electron chi connectivity index (χ3n) is 8.35. The van der Waals surface area contributed by atoms with Crippen molar-refractivity contribution in [3.63, 3.8) is 0 Å². The maximum Gasteiger partial charge on any atom is 0.325 e. The van der Waals surface area contributed by atoms with E-state index in [1.807, 2.05) is 28.9 Å². The second kappa shape index (κ2) is 9.63. The van der Waals surface area contributed by atoms with Crippen LogP contribution in [-0.2, 0) is 13.1 Å². The summed E-state index contributed by atoms with van der Waals surface area (Å²) in [4.78, 5) is 19.7. The molecule has 1 spiro atoms. The smallest absolute Gasteiger partial charge is 0.325 e. The molecule has 2 amide bonds. The Morgan fingerprint density at radius 3 is 2.49 bits per heavy atom. The van der Waals surface area contributed by atoms with Crippen LogP contribution in [0.3, 0.4) is 0 Å². The summed E-state index contributed by atoms with van der Waals surface area (Å²) >= 11 is 0. The van der Waals surface area contributed by atoms with Gasteiger partial charge in [0, 0.05) is 55.0 Å². The zero-order chi connectivity index (χ0) is 26.5. The van der Waals surface area contributed by atoms with Crippen LogP contribution < -0.4 is 9.47 Å². The fourth-order valence-electron chi connectivity index (χ4n) is 6.43. The highest BCUT2D eigenvalue weighted by Gasteiger charge is 2.54. The number of rotatable bonds is 5. The lowest BCUT2D eigenvalue weighted by atomic mass is 9.82. The standard InChI is InChI=1S/C29H35F2N3O3/c1-6-34-28(35)33-16-20-14-21(36-4)15-24(37-5)26(20)19(3)13-25(33)29(34)9-11-32(12-10-29)17-22-23(30)8-7-18(2)27(22)31/h7-8,13-15,19H,6,9-12,16-17H2,1-5H3/t19-/m1/s1. The molecule has 37 heavy (non-hydrogen) atoms. The van der Waals surface area contributed by atoms with Crippen LogP contribution in [0.2, 0.25) is 0 Å². The maximum atomic E-state index is 14.7. The Labute approximate surface area is 217 Å². The van der Waals surface area contributed by atoms with Gasteiger partial charge in [-0.05, 0) is 49.9 Å². The average Bonchev–Trinajstić information content (AvgIpc) is 3.00. The lowest BCUT2D eigenvalue weighted by Gasteiger charge is -2.44. The molecule has 0 N–H and O–H groups in total. The first-order chi connectivity index (χ1) is 17.7. The fraction of sp³-hybridized carbons (Fsp3) is 0.483. The van der Waals surface area contributed by atoms with Crippen LogP contribution in [0.15, 0.2) is 36.0 Å². The Hall–Kier alpha value is -3.13. The van der Waals surface area contributed by atoms with Gasteiger partial charge in [-0.3, -0.25) is 9.80 Å². The minimum absolute atomic E-state index is 0.000176.